The molecule has 1 spiro atoms. The van der Waals surface area contributed by atoms with Crippen LogP contribution in [0.1, 0.15) is 87.0 Å². The number of ether oxygens (including phenoxy) is 3. The van der Waals surface area contributed by atoms with Gasteiger partial charge in [-0.2, -0.15) is 0 Å². The Hall–Kier alpha value is -1.30. The summed E-state index contributed by atoms with van der Waals surface area (Å²) in [6.45, 7) is 13.3. The van der Waals surface area contributed by atoms with E-state index < -0.39 is 17.6 Å². The van der Waals surface area contributed by atoms with Crippen molar-refractivity contribution in [2.45, 2.75) is 111 Å². The van der Waals surface area contributed by atoms with Crippen LogP contribution in [0, 0.1) is 33.5 Å². The van der Waals surface area contributed by atoms with Crippen LogP contribution in [-0.4, -0.2) is 41.6 Å². The molecule has 0 aromatic carbocycles. The number of rotatable bonds is 3. The van der Waals surface area contributed by atoms with Crippen LogP contribution in [0.25, 0.3) is 0 Å². The lowest BCUT2D eigenvalue weighted by Gasteiger charge is -2.66. The predicted octanol–water partition coefficient (Wildman–Crippen LogP) is 5.04. The quantitative estimate of drug-likeness (QED) is 0.318. The fourth-order valence-electron chi connectivity index (χ4n) is 8.91. The van der Waals surface area contributed by atoms with Crippen LogP contribution in [0.4, 0.5) is 0 Å². The van der Waals surface area contributed by atoms with Crippen molar-refractivity contribution in [3.8, 4) is 0 Å². The summed E-state index contributed by atoms with van der Waals surface area (Å²) in [5.41, 5.74) is -1.08. The Kier molecular flexibility index (Phi) is 5.91. The average Bonchev–Trinajstić information content (AvgIpc) is 2.86. The third-order valence-corrected chi connectivity index (χ3v) is 10.7. The summed E-state index contributed by atoms with van der Waals surface area (Å²) in [7, 11) is 0. The van der Waals surface area contributed by atoms with Gasteiger partial charge < -0.3 is 14.2 Å². The molecule has 2 bridgehead atoms. The predicted molar refractivity (Wildman–Crippen MR) is 123 cm³/mol. The van der Waals surface area contributed by atoms with Gasteiger partial charge >= 0.3 is 17.9 Å². The fraction of sp³-hybridized carbons (Fsp3) is 0.885. The minimum absolute atomic E-state index is 0.0770. The van der Waals surface area contributed by atoms with Crippen molar-refractivity contribution in [2.75, 3.05) is 0 Å². The summed E-state index contributed by atoms with van der Waals surface area (Å²) in [4.78, 5) is 36.5. The molecule has 4 aliphatic carbocycles. The van der Waals surface area contributed by atoms with E-state index in [0.717, 1.165) is 32.1 Å². The summed E-state index contributed by atoms with van der Waals surface area (Å²) in [6, 6.07) is 0. The molecule has 0 saturated heterocycles. The third kappa shape index (κ3) is 3.52. The molecule has 4 saturated carbocycles. The van der Waals surface area contributed by atoms with Crippen molar-refractivity contribution in [3.05, 3.63) is 0 Å². The number of fused-ring (bicyclic) bond motifs is 3. The van der Waals surface area contributed by atoms with Crippen LogP contribution >= 0.6 is 11.6 Å². The smallest absolute Gasteiger partial charge is 0.303 e. The molecule has 0 amide bonds. The summed E-state index contributed by atoms with van der Waals surface area (Å²) in [5.74, 6) is -0.603. The normalized spacial score (nSPS) is 47.6. The van der Waals surface area contributed by atoms with E-state index in [1.807, 2.05) is 0 Å². The lowest BCUT2D eigenvalue weighted by molar-refractivity contribution is -0.231. The van der Waals surface area contributed by atoms with Crippen molar-refractivity contribution in [1.29, 1.82) is 0 Å². The molecule has 186 valence electrons. The molecule has 0 unspecified atom stereocenters. The van der Waals surface area contributed by atoms with Gasteiger partial charge in [0.15, 0.2) is 0 Å². The Balaban J connectivity index is 1.87. The fourth-order valence-corrected chi connectivity index (χ4v) is 9.29. The highest BCUT2D eigenvalue weighted by Gasteiger charge is 2.76. The monoisotopic (exact) mass is 482 g/mol. The first-order valence-electron chi connectivity index (χ1n) is 12.3. The van der Waals surface area contributed by atoms with Gasteiger partial charge in [-0.25, -0.2) is 0 Å². The van der Waals surface area contributed by atoms with E-state index >= 15 is 0 Å². The molecule has 4 fully saturated rings. The zero-order valence-corrected chi connectivity index (χ0v) is 21.8. The summed E-state index contributed by atoms with van der Waals surface area (Å²) in [6.07, 6.45) is 3.72. The third-order valence-electron chi connectivity index (χ3n) is 10.0. The first kappa shape index (κ1) is 24.8. The number of carbonyl (C=O) groups is 3. The van der Waals surface area contributed by atoms with Crippen molar-refractivity contribution < 1.29 is 28.6 Å². The highest BCUT2D eigenvalue weighted by atomic mass is 35.5. The lowest BCUT2D eigenvalue weighted by atomic mass is 9.39. The number of hydrogen-bond donors (Lipinski definition) is 0. The maximum atomic E-state index is 12.3. The van der Waals surface area contributed by atoms with Gasteiger partial charge in [0.1, 0.15) is 18.3 Å². The van der Waals surface area contributed by atoms with Crippen molar-refractivity contribution in [2.24, 2.45) is 33.5 Å². The number of halogens is 1. The Morgan fingerprint density at radius 2 is 1.36 bits per heavy atom. The number of hydrogen-bond acceptors (Lipinski definition) is 6. The molecule has 6 nitrogen and oxygen atoms in total. The van der Waals surface area contributed by atoms with Crippen LogP contribution in [0.5, 0.6) is 0 Å². The van der Waals surface area contributed by atoms with Crippen LogP contribution in [0.2, 0.25) is 0 Å². The Morgan fingerprint density at radius 3 is 1.94 bits per heavy atom. The summed E-state index contributed by atoms with van der Waals surface area (Å²) in [5, 5.41) is -0.251. The summed E-state index contributed by atoms with van der Waals surface area (Å²) < 4.78 is 17.9. The molecular formula is C26H39ClO6. The van der Waals surface area contributed by atoms with Crippen molar-refractivity contribution in [3.63, 3.8) is 0 Å². The van der Waals surface area contributed by atoms with Crippen LogP contribution < -0.4 is 0 Å². The second-order valence-electron chi connectivity index (χ2n) is 12.3. The Labute approximate surface area is 202 Å². The van der Waals surface area contributed by atoms with Crippen LogP contribution in [-0.2, 0) is 28.6 Å². The van der Waals surface area contributed by atoms with E-state index in [1.54, 1.807) is 0 Å². The minimum Gasteiger partial charge on any atom is -0.462 e. The first-order chi connectivity index (χ1) is 15.2. The summed E-state index contributed by atoms with van der Waals surface area (Å²) >= 11 is 7.13. The molecule has 4 aliphatic rings. The van der Waals surface area contributed by atoms with E-state index in [-0.39, 0.29) is 51.6 Å². The highest BCUT2D eigenvalue weighted by Crippen LogP contribution is 2.75. The Morgan fingerprint density at radius 1 is 0.788 bits per heavy atom. The molecule has 0 N–H and O–H groups in total. The number of alkyl halides is 1. The standard InChI is InChI=1S/C26H39ClO6/c1-14(28)31-20-9-10-23(4,5)17-8-11-26-13-24(6,19(27)12-18(26)25(17,20)7)21(32-15(2)29)22(26)33-16(3)30/h17-22H,8-13H2,1-7H3/t17-,18+,19-,20+,21-,22-,24-,25-,26+/m1/s1. The largest absolute Gasteiger partial charge is 0.462 e. The second kappa shape index (κ2) is 7.86. The van der Waals surface area contributed by atoms with Crippen LogP contribution in [0.3, 0.4) is 0 Å². The van der Waals surface area contributed by atoms with E-state index in [0.29, 0.717) is 12.3 Å². The van der Waals surface area contributed by atoms with Gasteiger partial charge in [-0.1, -0.05) is 27.7 Å². The second-order valence-corrected chi connectivity index (χ2v) is 12.8. The SMILES string of the molecule is CC(=O)O[C@@H]1[C@@H](OC(C)=O)[C@]23CC[C@@H]4C(C)(C)CC[C@H](OC(C)=O)[C@@]4(C)[C@@H]2C[C@@H](Cl)[C@@]1(C)C3. The van der Waals surface area contributed by atoms with E-state index in [9.17, 15) is 14.4 Å². The average molecular weight is 483 g/mol. The van der Waals surface area contributed by atoms with Crippen molar-refractivity contribution in [1.82, 2.24) is 0 Å². The molecule has 4 rings (SSSR count). The molecule has 0 radical (unpaired) electrons. The van der Waals surface area contributed by atoms with Gasteiger partial charge in [0, 0.05) is 42.4 Å². The lowest BCUT2D eigenvalue weighted by Crippen LogP contribution is -2.65. The van der Waals surface area contributed by atoms with Crippen LogP contribution in [0.15, 0.2) is 0 Å². The maximum absolute atomic E-state index is 12.3. The minimum atomic E-state index is -0.588. The zero-order chi connectivity index (χ0) is 24.6. The molecule has 0 aromatic heterocycles. The topological polar surface area (TPSA) is 78.9 Å². The van der Waals surface area contributed by atoms with E-state index in [1.165, 1.54) is 20.8 Å². The molecule has 7 heteroatoms. The van der Waals surface area contributed by atoms with Gasteiger partial charge in [0.25, 0.3) is 0 Å². The van der Waals surface area contributed by atoms with Gasteiger partial charge in [-0.3, -0.25) is 14.4 Å². The maximum Gasteiger partial charge on any atom is 0.303 e. The van der Waals surface area contributed by atoms with E-state index in [4.69, 9.17) is 25.8 Å². The highest BCUT2D eigenvalue weighted by molar-refractivity contribution is 6.21. The molecule has 9 atom stereocenters. The van der Waals surface area contributed by atoms with Gasteiger partial charge in [-0.05, 0) is 55.8 Å². The number of carbonyl (C=O) groups excluding carboxylic acids is 3. The molecule has 0 heterocycles. The van der Waals surface area contributed by atoms with Gasteiger partial charge in [0.2, 0.25) is 0 Å². The molecule has 0 aliphatic heterocycles. The first-order valence-corrected chi connectivity index (χ1v) is 12.8. The van der Waals surface area contributed by atoms with E-state index in [2.05, 4.69) is 27.7 Å². The zero-order valence-electron chi connectivity index (χ0n) is 21.0. The van der Waals surface area contributed by atoms with Crippen molar-refractivity contribution >= 4 is 29.5 Å². The molecule has 0 aromatic rings. The molecule has 33 heavy (non-hydrogen) atoms. The van der Waals surface area contributed by atoms with Gasteiger partial charge in [-0.15, -0.1) is 11.6 Å². The molecular weight excluding hydrogens is 444 g/mol. The van der Waals surface area contributed by atoms with Gasteiger partial charge in [0.05, 0.1) is 0 Å². The Bertz CT molecular complexity index is 856. The number of esters is 3.